The molecule has 1 aromatic rings. The molecule has 1 atom stereocenters. The molecule has 0 spiro atoms. The van der Waals surface area contributed by atoms with Gasteiger partial charge in [0.1, 0.15) is 12.2 Å². The van der Waals surface area contributed by atoms with E-state index in [0.717, 1.165) is 5.82 Å². The Kier molecular flexibility index (Phi) is 5.27. The zero-order chi connectivity index (χ0) is 13.7. The Morgan fingerprint density at radius 1 is 1.50 bits per heavy atom. The Labute approximate surface area is 108 Å². The van der Waals surface area contributed by atoms with Crippen molar-refractivity contribution in [3.8, 4) is 0 Å². The number of nitrogens with zero attached hydrogens (tertiary/aromatic N) is 4. The highest BCUT2D eigenvalue weighted by Crippen LogP contribution is 2.05. The van der Waals surface area contributed by atoms with E-state index in [1.165, 1.54) is 0 Å². The second-order valence-electron chi connectivity index (χ2n) is 4.67. The minimum atomic E-state index is -0.215. The second kappa shape index (κ2) is 6.49. The summed E-state index contributed by atoms with van der Waals surface area (Å²) in [4.78, 5) is 17.8. The maximum atomic E-state index is 11.9. The van der Waals surface area contributed by atoms with E-state index in [1.807, 2.05) is 18.5 Å². The molecule has 1 rings (SSSR count). The number of carbonyl (C=O) groups is 1. The van der Waals surface area contributed by atoms with Gasteiger partial charge < -0.3 is 4.90 Å². The first-order chi connectivity index (χ1) is 8.47. The lowest BCUT2D eigenvalue weighted by molar-refractivity contribution is -0.131. The van der Waals surface area contributed by atoms with Crippen molar-refractivity contribution in [2.75, 3.05) is 13.6 Å². The monoisotopic (exact) mass is 253 g/mol. The van der Waals surface area contributed by atoms with Gasteiger partial charge in [-0.05, 0) is 27.7 Å². The molecule has 0 fully saturated rings. The predicted octanol–water partition coefficient (Wildman–Crippen LogP) is 0.815. The SMILES string of the molecule is CCN(C)C(=O)C(C)NCc1ncnn1C(C)C. The number of hydrogen-bond donors (Lipinski definition) is 1. The highest BCUT2D eigenvalue weighted by Gasteiger charge is 2.17. The molecule has 1 N–H and O–H groups in total. The number of hydrogen-bond acceptors (Lipinski definition) is 4. The molecule has 6 heteroatoms. The van der Waals surface area contributed by atoms with Crippen LogP contribution in [0.4, 0.5) is 0 Å². The van der Waals surface area contributed by atoms with Gasteiger partial charge in [0, 0.05) is 19.6 Å². The highest BCUT2D eigenvalue weighted by molar-refractivity contribution is 5.81. The van der Waals surface area contributed by atoms with Gasteiger partial charge >= 0.3 is 0 Å². The second-order valence-corrected chi connectivity index (χ2v) is 4.67. The van der Waals surface area contributed by atoms with Gasteiger partial charge in [-0.3, -0.25) is 10.1 Å². The molecule has 0 radical (unpaired) electrons. The van der Waals surface area contributed by atoms with Crippen LogP contribution in [0.25, 0.3) is 0 Å². The summed E-state index contributed by atoms with van der Waals surface area (Å²) in [6.45, 7) is 9.19. The van der Waals surface area contributed by atoms with Gasteiger partial charge in [-0.15, -0.1) is 0 Å². The lowest BCUT2D eigenvalue weighted by atomic mass is 10.3. The summed E-state index contributed by atoms with van der Waals surface area (Å²) in [5, 5.41) is 7.34. The average molecular weight is 253 g/mol. The zero-order valence-electron chi connectivity index (χ0n) is 11.8. The van der Waals surface area contributed by atoms with Crippen molar-refractivity contribution in [1.29, 1.82) is 0 Å². The quantitative estimate of drug-likeness (QED) is 0.815. The Morgan fingerprint density at radius 3 is 2.72 bits per heavy atom. The number of rotatable bonds is 6. The van der Waals surface area contributed by atoms with E-state index >= 15 is 0 Å². The molecule has 0 bridgehead atoms. The summed E-state index contributed by atoms with van der Waals surface area (Å²) >= 11 is 0. The maximum absolute atomic E-state index is 11.9. The lowest BCUT2D eigenvalue weighted by Crippen LogP contribution is -2.43. The molecule has 1 amide bonds. The van der Waals surface area contributed by atoms with Crippen LogP contribution in [0.2, 0.25) is 0 Å². The summed E-state index contributed by atoms with van der Waals surface area (Å²) in [5.74, 6) is 0.942. The molecule has 18 heavy (non-hydrogen) atoms. The molecule has 0 saturated heterocycles. The third-order valence-electron chi connectivity index (χ3n) is 2.92. The van der Waals surface area contributed by atoms with Crippen LogP contribution < -0.4 is 5.32 Å². The van der Waals surface area contributed by atoms with E-state index in [-0.39, 0.29) is 18.0 Å². The molecular weight excluding hydrogens is 230 g/mol. The van der Waals surface area contributed by atoms with Gasteiger partial charge in [-0.1, -0.05) is 0 Å². The van der Waals surface area contributed by atoms with E-state index in [2.05, 4.69) is 29.2 Å². The standard InChI is InChI=1S/C12H23N5O/c1-6-16(5)12(18)10(4)13-7-11-14-8-15-17(11)9(2)3/h8-10,13H,6-7H2,1-5H3. The molecular formula is C12H23N5O. The largest absolute Gasteiger partial charge is 0.345 e. The number of aromatic nitrogens is 3. The number of carbonyl (C=O) groups excluding carboxylic acids is 1. The van der Waals surface area contributed by atoms with E-state index in [4.69, 9.17) is 0 Å². The summed E-state index contributed by atoms with van der Waals surface area (Å²) in [6, 6.07) is 0.0564. The minimum Gasteiger partial charge on any atom is -0.345 e. The number of likely N-dealkylation sites (N-methyl/N-ethyl adjacent to an activating group) is 1. The third-order valence-corrected chi connectivity index (χ3v) is 2.92. The highest BCUT2D eigenvalue weighted by atomic mass is 16.2. The molecule has 6 nitrogen and oxygen atoms in total. The summed E-state index contributed by atoms with van der Waals surface area (Å²) in [6.07, 6.45) is 1.54. The van der Waals surface area contributed by atoms with Crippen molar-refractivity contribution in [3.05, 3.63) is 12.2 Å². The van der Waals surface area contributed by atoms with Crippen molar-refractivity contribution in [2.45, 2.75) is 46.3 Å². The summed E-state index contributed by atoms with van der Waals surface area (Å²) in [7, 11) is 1.80. The zero-order valence-corrected chi connectivity index (χ0v) is 11.8. The molecule has 1 heterocycles. The average Bonchev–Trinajstić information content (AvgIpc) is 2.82. The Morgan fingerprint density at radius 2 is 2.17 bits per heavy atom. The first-order valence-corrected chi connectivity index (χ1v) is 6.34. The Bertz CT molecular complexity index is 388. The van der Waals surface area contributed by atoms with Crippen molar-refractivity contribution in [2.24, 2.45) is 0 Å². The molecule has 102 valence electrons. The molecule has 0 aromatic carbocycles. The lowest BCUT2D eigenvalue weighted by Gasteiger charge is -2.20. The van der Waals surface area contributed by atoms with E-state index in [9.17, 15) is 4.79 Å². The number of amides is 1. The smallest absolute Gasteiger partial charge is 0.239 e. The van der Waals surface area contributed by atoms with Crippen LogP contribution in [0.15, 0.2) is 6.33 Å². The number of nitrogens with one attached hydrogen (secondary N) is 1. The van der Waals surface area contributed by atoms with Crippen molar-refractivity contribution in [1.82, 2.24) is 25.0 Å². The maximum Gasteiger partial charge on any atom is 0.239 e. The van der Waals surface area contributed by atoms with Gasteiger partial charge in [-0.2, -0.15) is 5.10 Å². The first kappa shape index (κ1) is 14.6. The van der Waals surface area contributed by atoms with Gasteiger partial charge in [0.05, 0.1) is 12.6 Å². The summed E-state index contributed by atoms with van der Waals surface area (Å²) < 4.78 is 1.85. The van der Waals surface area contributed by atoms with Crippen LogP contribution in [0.5, 0.6) is 0 Å². The normalized spacial score (nSPS) is 12.8. The topological polar surface area (TPSA) is 63.1 Å². The fraction of sp³-hybridized carbons (Fsp3) is 0.750. The first-order valence-electron chi connectivity index (χ1n) is 6.34. The Hall–Kier alpha value is -1.43. The van der Waals surface area contributed by atoms with Crippen molar-refractivity contribution >= 4 is 5.91 Å². The van der Waals surface area contributed by atoms with Crippen LogP contribution in [-0.4, -0.2) is 45.2 Å². The van der Waals surface area contributed by atoms with E-state index in [1.54, 1.807) is 18.3 Å². The van der Waals surface area contributed by atoms with Crippen LogP contribution in [-0.2, 0) is 11.3 Å². The third kappa shape index (κ3) is 3.53. The fourth-order valence-electron chi connectivity index (χ4n) is 1.65. The molecule has 0 aliphatic carbocycles. The van der Waals surface area contributed by atoms with Crippen LogP contribution >= 0.6 is 0 Å². The van der Waals surface area contributed by atoms with Gasteiger partial charge in [0.15, 0.2) is 0 Å². The van der Waals surface area contributed by atoms with Gasteiger partial charge in [0.25, 0.3) is 0 Å². The van der Waals surface area contributed by atoms with Crippen LogP contribution in [0.1, 0.15) is 39.6 Å². The predicted molar refractivity (Wildman–Crippen MR) is 70.0 cm³/mol. The van der Waals surface area contributed by atoms with E-state index in [0.29, 0.717) is 13.1 Å². The Balaban J connectivity index is 2.54. The fourth-order valence-corrected chi connectivity index (χ4v) is 1.65. The molecule has 1 unspecified atom stereocenters. The van der Waals surface area contributed by atoms with Crippen molar-refractivity contribution < 1.29 is 4.79 Å². The van der Waals surface area contributed by atoms with Crippen LogP contribution in [0, 0.1) is 0 Å². The van der Waals surface area contributed by atoms with Crippen LogP contribution in [0.3, 0.4) is 0 Å². The molecule has 1 aromatic heterocycles. The van der Waals surface area contributed by atoms with Gasteiger partial charge in [0.2, 0.25) is 5.91 Å². The molecule has 0 aliphatic rings. The van der Waals surface area contributed by atoms with E-state index < -0.39 is 0 Å². The minimum absolute atomic E-state index is 0.0908. The summed E-state index contributed by atoms with van der Waals surface area (Å²) in [5.41, 5.74) is 0. The molecule has 0 saturated carbocycles. The molecule has 0 aliphatic heterocycles. The van der Waals surface area contributed by atoms with Crippen molar-refractivity contribution in [3.63, 3.8) is 0 Å². The van der Waals surface area contributed by atoms with Gasteiger partial charge in [-0.25, -0.2) is 9.67 Å².